The summed E-state index contributed by atoms with van der Waals surface area (Å²) in [5.74, 6) is 0. The summed E-state index contributed by atoms with van der Waals surface area (Å²) in [6.45, 7) is 0.0600. The molecule has 0 amide bonds. The Hall–Kier alpha value is -1.36. The van der Waals surface area contributed by atoms with Crippen molar-refractivity contribution in [3.05, 3.63) is 35.5 Å². The molecule has 0 saturated carbocycles. The number of hydrogen-bond acceptors (Lipinski definition) is 3. The third kappa shape index (κ3) is 2.09. The Morgan fingerprint density at radius 2 is 2.00 bits per heavy atom. The smallest absolute Gasteiger partial charge is 0.155 e. The van der Waals surface area contributed by atoms with Gasteiger partial charge in [-0.1, -0.05) is 6.07 Å². The SMILES string of the molecule is OCCc1ccc2[nH]ccc2c1CC(O)O. The van der Waals surface area contributed by atoms with Crippen LogP contribution < -0.4 is 0 Å². The van der Waals surface area contributed by atoms with E-state index in [1.807, 2.05) is 24.4 Å². The van der Waals surface area contributed by atoms with Crippen molar-refractivity contribution < 1.29 is 15.3 Å². The van der Waals surface area contributed by atoms with Gasteiger partial charge in [0, 0.05) is 30.1 Å². The topological polar surface area (TPSA) is 76.5 Å². The van der Waals surface area contributed by atoms with E-state index in [0.29, 0.717) is 6.42 Å². The van der Waals surface area contributed by atoms with Gasteiger partial charge in [0.1, 0.15) is 0 Å². The molecule has 0 spiro atoms. The van der Waals surface area contributed by atoms with E-state index < -0.39 is 6.29 Å². The largest absolute Gasteiger partial charge is 0.396 e. The average Bonchev–Trinajstić information content (AvgIpc) is 2.69. The average molecular weight is 221 g/mol. The molecular weight excluding hydrogens is 206 g/mol. The molecule has 86 valence electrons. The van der Waals surface area contributed by atoms with E-state index in [2.05, 4.69) is 4.98 Å². The number of fused-ring (bicyclic) bond motifs is 1. The van der Waals surface area contributed by atoms with Gasteiger partial charge in [-0.3, -0.25) is 0 Å². The first-order valence-electron chi connectivity index (χ1n) is 5.27. The highest BCUT2D eigenvalue weighted by molar-refractivity contribution is 5.84. The molecule has 2 rings (SSSR count). The molecule has 1 aromatic carbocycles. The highest BCUT2D eigenvalue weighted by Crippen LogP contribution is 2.23. The number of nitrogens with one attached hydrogen (secondary N) is 1. The normalized spacial score (nSPS) is 11.5. The fourth-order valence-electron chi connectivity index (χ4n) is 2.02. The molecule has 1 aromatic heterocycles. The summed E-state index contributed by atoms with van der Waals surface area (Å²) in [5, 5.41) is 28.1. The first kappa shape index (κ1) is 11.1. The second kappa shape index (κ2) is 4.65. The Balaban J connectivity index is 2.51. The van der Waals surface area contributed by atoms with Crippen LogP contribution in [0.5, 0.6) is 0 Å². The highest BCUT2D eigenvalue weighted by Gasteiger charge is 2.11. The zero-order valence-electron chi connectivity index (χ0n) is 8.85. The van der Waals surface area contributed by atoms with Crippen LogP contribution in [-0.2, 0) is 12.8 Å². The maximum atomic E-state index is 9.08. The number of aliphatic hydroxyl groups is 3. The van der Waals surface area contributed by atoms with Gasteiger partial charge >= 0.3 is 0 Å². The second-order valence-electron chi connectivity index (χ2n) is 3.80. The van der Waals surface area contributed by atoms with Gasteiger partial charge in [-0.15, -0.1) is 0 Å². The number of hydrogen-bond donors (Lipinski definition) is 4. The van der Waals surface area contributed by atoms with Crippen molar-refractivity contribution in [3.8, 4) is 0 Å². The summed E-state index contributed by atoms with van der Waals surface area (Å²) in [6.07, 6.45) is 1.17. The third-order valence-corrected chi connectivity index (χ3v) is 2.71. The molecule has 0 atom stereocenters. The predicted molar refractivity (Wildman–Crippen MR) is 61.0 cm³/mol. The van der Waals surface area contributed by atoms with E-state index in [9.17, 15) is 0 Å². The summed E-state index contributed by atoms with van der Waals surface area (Å²) in [6, 6.07) is 5.76. The standard InChI is InChI=1S/C12H15NO3/c14-6-4-8-1-2-11-9(3-5-13-11)10(8)7-12(15)16/h1-3,5,12-16H,4,6-7H2. The molecule has 0 aliphatic rings. The van der Waals surface area contributed by atoms with Crippen LogP contribution in [0.1, 0.15) is 11.1 Å². The molecule has 0 saturated heterocycles. The van der Waals surface area contributed by atoms with Crippen molar-refractivity contribution in [3.63, 3.8) is 0 Å². The minimum Gasteiger partial charge on any atom is -0.396 e. The van der Waals surface area contributed by atoms with Gasteiger partial charge in [-0.05, 0) is 29.7 Å². The Morgan fingerprint density at radius 3 is 2.69 bits per heavy atom. The fraction of sp³-hybridized carbons (Fsp3) is 0.333. The fourth-order valence-corrected chi connectivity index (χ4v) is 2.02. The third-order valence-electron chi connectivity index (χ3n) is 2.71. The molecule has 1 heterocycles. The summed E-state index contributed by atoms with van der Waals surface area (Å²) < 4.78 is 0. The maximum Gasteiger partial charge on any atom is 0.155 e. The van der Waals surface area contributed by atoms with Crippen molar-refractivity contribution >= 4 is 10.9 Å². The second-order valence-corrected chi connectivity index (χ2v) is 3.80. The molecule has 2 aromatic rings. The summed E-state index contributed by atoms with van der Waals surface area (Å²) in [4.78, 5) is 3.08. The summed E-state index contributed by atoms with van der Waals surface area (Å²) in [5.41, 5.74) is 2.82. The van der Waals surface area contributed by atoms with Crippen LogP contribution in [0.25, 0.3) is 10.9 Å². The van der Waals surface area contributed by atoms with Crippen molar-refractivity contribution in [1.29, 1.82) is 0 Å². The predicted octanol–water partition coefficient (Wildman–Crippen LogP) is 0.556. The monoisotopic (exact) mass is 221 g/mol. The zero-order chi connectivity index (χ0) is 11.5. The Morgan fingerprint density at radius 1 is 1.19 bits per heavy atom. The molecule has 0 bridgehead atoms. The van der Waals surface area contributed by atoms with Crippen molar-refractivity contribution in [2.75, 3.05) is 6.61 Å². The molecule has 0 aliphatic heterocycles. The van der Waals surface area contributed by atoms with Crippen LogP contribution in [-0.4, -0.2) is 33.2 Å². The van der Waals surface area contributed by atoms with Gasteiger partial charge in [-0.25, -0.2) is 0 Å². The van der Waals surface area contributed by atoms with E-state index >= 15 is 0 Å². The molecule has 0 aliphatic carbocycles. The molecule has 4 heteroatoms. The number of aromatic amines is 1. The van der Waals surface area contributed by atoms with Crippen molar-refractivity contribution in [1.82, 2.24) is 4.98 Å². The number of rotatable bonds is 4. The van der Waals surface area contributed by atoms with E-state index in [-0.39, 0.29) is 13.0 Å². The Bertz CT molecular complexity index is 476. The van der Waals surface area contributed by atoms with Crippen LogP contribution in [0.15, 0.2) is 24.4 Å². The van der Waals surface area contributed by atoms with Gasteiger partial charge in [-0.2, -0.15) is 0 Å². The van der Waals surface area contributed by atoms with Crippen LogP contribution >= 0.6 is 0 Å². The first-order chi connectivity index (χ1) is 7.72. The molecule has 0 unspecified atom stereocenters. The van der Waals surface area contributed by atoms with Crippen LogP contribution in [0.2, 0.25) is 0 Å². The van der Waals surface area contributed by atoms with Gasteiger partial charge < -0.3 is 20.3 Å². The lowest BCUT2D eigenvalue weighted by atomic mass is 9.98. The van der Waals surface area contributed by atoms with Crippen molar-refractivity contribution in [2.45, 2.75) is 19.1 Å². The van der Waals surface area contributed by atoms with Gasteiger partial charge in [0.15, 0.2) is 6.29 Å². The number of aromatic nitrogens is 1. The van der Waals surface area contributed by atoms with Gasteiger partial charge in [0.2, 0.25) is 0 Å². The highest BCUT2D eigenvalue weighted by atomic mass is 16.5. The number of aliphatic hydroxyl groups excluding tert-OH is 2. The minimum atomic E-state index is -1.36. The maximum absolute atomic E-state index is 9.08. The lowest BCUT2D eigenvalue weighted by Gasteiger charge is -2.11. The minimum absolute atomic E-state index is 0.0600. The van der Waals surface area contributed by atoms with Crippen LogP contribution in [0, 0.1) is 0 Å². The molecule has 0 radical (unpaired) electrons. The molecule has 16 heavy (non-hydrogen) atoms. The molecular formula is C12H15NO3. The van der Waals surface area contributed by atoms with Crippen LogP contribution in [0.4, 0.5) is 0 Å². The van der Waals surface area contributed by atoms with Gasteiger partial charge in [0.25, 0.3) is 0 Å². The Labute approximate surface area is 93.2 Å². The zero-order valence-corrected chi connectivity index (χ0v) is 8.85. The quantitative estimate of drug-likeness (QED) is 0.570. The van der Waals surface area contributed by atoms with Crippen LogP contribution in [0.3, 0.4) is 0 Å². The molecule has 4 nitrogen and oxygen atoms in total. The van der Waals surface area contributed by atoms with Gasteiger partial charge in [0.05, 0.1) is 0 Å². The number of H-pyrrole nitrogens is 1. The van der Waals surface area contributed by atoms with E-state index in [4.69, 9.17) is 15.3 Å². The summed E-state index contributed by atoms with van der Waals surface area (Å²) in [7, 11) is 0. The molecule has 4 N–H and O–H groups in total. The van der Waals surface area contributed by atoms with Crippen molar-refractivity contribution in [2.24, 2.45) is 0 Å². The van der Waals surface area contributed by atoms with E-state index in [1.54, 1.807) is 0 Å². The van der Waals surface area contributed by atoms with E-state index in [1.165, 1.54) is 0 Å². The lowest BCUT2D eigenvalue weighted by molar-refractivity contribution is -0.0380. The molecule has 0 fully saturated rings. The van der Waals surface area contributed by atoms with E-state index in [0.717, 1.165) is 22.0 Å². The number of benzene rings is 1. The summed E-state index contributed by atoms with van der Waals surface area (Å²) >= 11 is 0. The Kier molecular flexibility index (Phi) is 3.24. The first-order valence-corrected chi connectivity index (χ1v) is 5.27. The lowest BCUT2D eigenvalue weighted by Crippen LogP contribution is -2.11.